The zero-order chi connectivity index (χ0) is 13.2. The van der Waals surface area contributed by atoms with Gasteiger partial charge in [0.2, 0.25) is 0 Å². The average Bonchev–Trinajstić information content (AvgIpc) is 3.04. The minimum absolute atomic E-state index is 0.212. The molecule has 100 valence electrons. The summed E-state index contributed by atoms with van der Waals surface area (Å²) in [5, 5.41) is 3.46. The molecule has 1 aliphatic heterocycles. The van der Waals surface area contributed by atoms with Gasteiger partial charge in [0.05, 0.1) is 12.3 Å². The number of hydrogen-bond donors (Lipinski definition) is 1. The zero-order valence-electron chi connectivity index (χ0n) is 11.3. The van der Waals surface area contributed by atoms with Gasteiger partial charge >= 0.3 is 0 Å². The molecule has 2 heterocycles. The first-order valence-electron chi connectivity index (χ1n) is 6.75. The van der Waals surface area contributed by atoms with E-state index >= 15 is 0 Å². The standard InChI is InChI=1S/C16H19NO2/c1-11-5-6-16-13(8-11)9-14(19-16)10-17-12(2)15-4-3-7-18-15/h3-8,12,14,17H,9-10H2,1-2H3/t12-,14?/m0/s1. The van der Waals surface area contributed by atoms with Gasteiger partial charge in [-0.1, -0.05) is 17.7 Å². The van der Waals surface area contributed by atoms with Crippen molar-refractivity contribution in [3.63, 3.8) is 0 Å². The fraction of sp³-hybridized carbons (Fsp3) is 0.375. The summed E-state index contributed by atoms with van der Waals surface area (Å²) >= 11 is 0. The van der Waals surface area contributed by atoms with Gasteiger partial charge in [-0.15, -0.1) is 0 Å². The SMILES string of the molecule is Cc1ccc2c(c1)CC(CN[C@@H](C)c1ccco1)O2. The van der Waals surface area contributed by atoms with Gasteiger partial charge in [0.25, 0.3) is 0 Å². The van der Waals surface area contributed by atoms with Gasteiger partial charge in [0.15, 0.2) is 0 Å². The molecule has 0 amide bonds. The van der Waals surface area contributed by atoms with Crippen LogP contribution in [0.3, 0.4) is 0 Å². The van der Waals surface area contributed by atoms with Crippen molar-refractivity contribution in [3.8, 4) is 5.75 Å². The number of nitrogens with one attached hydrogen (secondary N) is 1. The number of benzene rings is 1. The molecule has 0 radical (unpaired) electrons. The minimum atomic E-state index is 0.212. The van der Waals surface area contributed by atoms with Crippen molar-refractivity contribution < 1.29 is 9.15 Å². The molecular weight excluding hydrogens is 238 g/mol. The quantitative estimate of drug-likeness (QED) is 0.913. The Morgan fingerprint density at radius 2 is 2.26 bits per heavy atom. The van der Waals surface area contributed by atoms with Gasteiger partial charge in [0.1, 0.15) is 17.6 Å². The molecule has 3 heteroatoms. The Hall–Kier alpha value is -1.74. The summed E-state index contributed by atoms with van der Waals surface area (Å²) in [5.41, 5.74) is 2.61. The molecule has 1 aromatic carbocycles. The van der Waals surface area contributed by atoms with E-state index in [1.165, 1.54) is 11.1 Å². The van der Waals surface area contributed by atoms with Gasteiger partial charge < -0.3 is 14.5 Å². The molecule has 0 spiro atoms. The van der Waals surface area contributed by atoms with Gasteiger partial charge in [-0.3, -0.25) is 0 Å². The molecule has 1 N–H and O–H groups in total. The maximum absolute atomic E-state index is 5.94. The number of rotatable bonds is 4. The Morgan fingerprint density at radius 3 is 3.05 bits per heavy atom. The molecule has 0 aliphatic carbocycles. The molecule has 1 aromatic heterocycles. The van der Waals surface area contributed by atoms with Crippen LogP contribution in [0.2, 0.25) is 0 Å². The zero-order valence-corrected chi connectivity index (χ0v) is 11.3. The number of hydrogen-bond acceptors (Lipinski definition) is 3. The van der Waals surface area contributed by atoms with E-state index in [0.29, 0.717) is 0 Å². The lowest BCUT2D eigenvalue weighted by Gasteiger charge is -2.15. The molecule has 3 nitrogen and oxygen atoms in total. The summed E-state index contributed by atoms with van der Waals surface area (Å²) in [4.78, 5) is 0. The van der Waals surface area contributed by atoms with E-state index in [4.69, 9.17) is 9.15 Å². The van der Waals surface area contributed by atoms with Crippen LogP contribution in [0.25, 0.3) is 0 Å². The van der Waals surface area contributed by atoms with Gasteiger partial charge in [0, 0.05) is 13.0 Å². The summed E-state index contributed by atoms with van der Waals surface area (Å²) in [6, 6.07) is 10.5. The molecule has 1 aliphatic rings. The topological polar surface area (TPSA) is 34.4 Å². The molecule has 0 saturated carbocycles. The van der Waals surface area contributed by atoms with Gasteiger partial charge in [-0.2, -0.15) is 0 Å². The Morgan fingerprint density at radius 1 is 1.37 bits per heavy atom. The maximum atomic E-state index is 5.94. The normalized spacial score (nSPS) is 18.9. The Labute approximate surface area is 113 Å². The van der Waals surface area contributed by atoms with E-state index in [2.05, 4.69) is 37.4 Å². The van der Waals surface area contributed by atoms with E-state index in [-0.39, 0.29) is 12.1 Å². The molecule has 0 fully saturated rings. The Kier molecular flexibility index (Phi) is 3.30. The summed E-state index contributed by atoms with van der Waals surface area (Å²) in [7, 11) is 0. The summed E-state index contributed by atoms with van der Waals surface area (Å²) in [5.74, 6) is 1.99. The lowest BCUT2D eigenvalue weighted by molar-refractivity contribution is 0.220. The van der Waals surface area contributed by atoms with Gasteiger partial charge in [-0.05, 0) is 37.6 Å². The lowest BCUT2D eigenvalue weighted by atomic mass is 10.1. The molecule has 1 unspecified atom stereocenters. The van der Waals surface area contributed by atoms with E-state index in [9.17, 15) is 0 Å². The molecule has 19 heavy (non-hydrogen) atoms. The molecule has 2 aromatic rings. The molecular formula is C16H19NO2. The highest BCUT2D eigenvalue weighted by molar-refractivity contribution is 5.40. The van der Waals surface area contributed by atoms with Crippen LogP contribution in [0, 0.1) is 6.92 Å². The fourth-order valence-corrected chi connectivity index (χ4v) is 2.51. The van der Waals surface area contributed by atoms with Crippen molar-refractivity contribution in [2.24, 2.45) is 0 Å². The van der Waals surface area contributed by atoms with Crippen molar-refractivity contribution >= 4 is 0 Å². The first kappa shape index (κ1) is 12.3. The summed E-state index contributed by atoms with van der Waals surface area (Å²) < 4.78 is 11.3. The second-order valence-electron chi connectivity index (χ2n) is 5.20. The third kappa shape index (κ3) is 2.66. The molecule has 3 rings (SSSR count). The molecule has 0 saturated heterocycles. The van der Waals surface area contributed by atoms with Crippen LogP contribution in [0.4, 0.5) is 0 Å². The first-order chi connectivity index (χ1) is 9.22. The smallest absolute Gasteiger partial charge is 0.123 e. The van der Waals surface area contributed by atoms with Crippen molar-refractivity contribution in [2.75, 3.05) is 6.54 Å². The molecule has 2 atom stereocenters. The van der Waals surface area contributed by atoms with Gasteiger partial charge in [-0.25, -0.2) is 0 Å². The maximum Gasteiger partial charge on any atom is 0.123 e. The highest BCUT2D eigenvalue weighted by atomic mass is 16.5. The predicted octanol–water partition coefficient (Wildman–Crippen LogP) is 3.24. The van der Waals surface area contributed by atoms with Crippen LogP contribution >= 0.6 is 0 Å². The Balaban J connectivity index is 1.56. The average molecular weight is 257 g/mol. The van der Waals surface area contributed by atoms with Crippen LogP contribution in [0.1, 0.15) is 29.9 Å². The van der Waals surface area contributed by atoms with E-state index in [1.807, 2.05) is 12.1 Å². The Bertz CT molecular complexity index is 548. The van der Waals surface area contributed by atoms with Crippen LogP contribution < -0.4 is 10.1 Å². The highest BCUT2D eigenvalue weighted by Crippen LogP contribution is 2.29. The third-order valence-electron chi connectivity index (χ3n) is 3.58. The minimum Gasteiger partial charge on any atom is -0.488 e. The van der Waals surface area contributed by atoms with E-state index < -0.39 is 0 Å². The number of fused-ring (bicyclic) bond motifs is 1. The second kappa shape index (κ2) is 5.10. The van der Waals surface area contributed by atoms with E-state index in [0.717, 1.165) is 24.5 Å². The highest BCUT2D eigenvalue weighted by Gasteiger charge is 2.23. The van der Waals surface area contributed by atoms with E-state index in [1.54, 1.807) is 6.26 Å². The van der Waals surface area contributed by atoms with Crippen LogP contribution in [-0.4, -0.2) is 12.6 Å². The largest absolute Gasteiger partial charge is 0.488 e. The van der Waals surface area contributed by atoms with Crippen LogP contribution in [0.5, 0.6) is 5.75 Å². The molecule has 0 bridgehead atoms. The monoisotopic (exact) mass is 257 g/mol. The fourth-order valence-electron chi connectivity index (χ4n) is 2.51. The van der Waals surface area contributed by atoms with Crippen molar-refractivity contribution in [2.45, 2.75) is 32.4 Å². The number of ether oxygens (including phenoxy) is 1. The third-order valence-corrected chi connectivity index (χ3v) is 3.58. The number of aryl methyl sites for hydroxylation is 1. The van der Waals surface area contributed by atoms with Crippen molar-refractivity contribution in [3.05, 3.63) is 53.5 Å². The van der Waals surface area contributed by atoms with Crippen molar-refractivity contribution in [1.29, 1.82) is 0 Å². The van der Waals surface area contributed by atoms with Crippen LogP contribution in [0.15, 0.2) is 41.0 Å². The summed E-state index contributed by atoms with van der Waals surface area (Å²) in [6.07, 6.45) is 2.90. The van der Waals surface area contributed by atoms with Crippen LogP contribution in [-0.2, 0) is 6.42 Å². The summed E-state index contributed by atoms with van der Waals surface area (Å²) in [6.45, 7) is 5.05. The first-order valence-corrected chi connectivity index (χ1v) is 6.75. The van der Waals surface area contributed by atoms with Crippen molar-refractivity contribution in [1.82, 2.24) is 5.32 Å². The second-order valence-corrected chi connectivity index (χ2v) is 5.20. The predicted molar refractivity (Wildman–Crippen MR) is 74.4 cm³/mol. The number of furan rings is 1. The lowest BCUT2D eigenvalue weighted by Crippen LogP contribution is -2.31.